The van der Waals surface area contributed by atoms with Gasteiger partial charge >= 0.3 is 6.03 Å². The van der Waals surface area contributed by atoms with E-state index < -0.39 is 0 Å². The van der Waals surface area contributed by atoms with Crippen molar-refractivity contribution in [1.82, 2.24) is 30.0 Å². The molecule has 1 aliphatic heterocycles. The molecular formula is C16H24N6OS. The molecule has 0 aromatic carbocycles. The Morgan fingerprint density at radius 1 is 1.12 bits per heavy atom. The maximum Gasteiger partial charge on any atom is 0.317 e. The lowest BCUT2D eigenvalue weighted by Gasteiger charge is -2.33. The molecule has 4 rings (SSSR count). The zero-order chi connectivity index (χ0) is 16.5. The Balaban J connectivity index is 1.33. The van der Waals surface area contributed by atoms with Crippen molar-refractivity contribution in [3.8, 4) is 0 Å². The molecule has 0 spiro atoms. The number of urea groups is 1. The van der Waals surface area contributed by atoms with E-state index in [0.29, 0.717) is 12.0 Å². The summed E-state index contributed by atoms with van der Waals surface area (Å²) in [6, 6.07) is 0.500. The van der Waals surface area contributed by atoms with Crippen LogP contribution < -0.4 is 5.32 Å². The molecule has 1 saturated heterocycles. The van der Waals surface area contributed by atoms with E-state index in [2.05, 4.69) is 20.6 Å². The zero-order valence-corrected chi connectivity index (χ0v) is 14.9. The van der Waals surface area contributed by atoms with E-state index in [1.165, 1.54) is 19.3 Å². The van der Waals surface area contributed by atoms with Gasteiger partial charge in [0.1, 0.15) is 5.01 Å². The predicted octanol–water partition coefficient (Wildman–Crippen LogP) is 2.72. The summed E-state index contributed by atoms with van der Waals surface area (Å²) in [6.07, 6.45) is 8.01. The van der Waals surface area contributed by atoms with Gasteiger partial charge in [0.25, 0.3) is 0 Å². The topological polar surface area (TPSA) is 75.4 Å². The first kappa shape index (κ1) is 15.8. The quantitative estimate of drug-likeness (QED) is 0.905. The molecule has 2 aromatic heterocycles. The van der Waals surface area contributed by atoms with Crippen LogP contribution in [0.5, 0.6) is 0 Å². The number of piperidine rings is 1. The second kappa shape index (κ2) is 6.66. The van der Waals surface area contributed by atoms with Gasteiger partial charge in [-0.15, -0.1) is 10.2 Å². The standard InChI is InChI=1S/C16H24N6OS/c1-11-18-19-16-22(11)20-14(24-16)12-7-9-21(10-8-12)15(23)17-13-5-3-2-4-6-13/h12-13H,2-10H2,1H3,(H,17,23). The second-order valence-electron chi connectivity index (χ2n) is 6.93. The van der Waals surface area contributed by atoms with Crippen LogP contribution in [0.1, 0.15) is 61.7 Å². The largest absolute Gasteiger partial charge is 0.335 e. The Morgan fingerprint density at radius 2 is 1.88 bits per heavy atom. The number of hydrogen-bond acceptors (Lipinski definition) is 5. The lowest BCUT2D eigenvalue weighted by atomic mass is 9.95. The first-order chi connectivity index (χ1) is 11.7. The second-order valence-corrected chi connectivity index (χ2v) is 7.92. The SMILES string of the molecule is Cc1nnc2sc(C3CCN(C(=O)NC4CCCCC4)CC3)nn12. The monoisotopic (exact) mass is 348 g/mol. The molecule has 24 heavy (non-hydrogen) atoms. The van der Waals surface area contributed by atoms with Crippen LogP contribution in [0.4, 0.5) is 4.79 Å². The van der Waals surface area contributed by atoms with Gasteiger partial charge in [0.2, 0.25) is 4.96 Å². The van der Waals surface area contributed by atoms with Gasteiger partial charge in [-0.25, -0.2) is 4.79 Å². The number of nitrogens with zero attached hydrogens (tertiary/aromatic N) is 5. The summed E-state index contributed by atoms with van der Waals surface area (Å²) in [6.45, 7) is 3.53. The summed E-state index contributed by atoms with van der Waals surface area (Å²) in [4.78, 5) is 15.3. The van der Waals surface area contributed by atoms with E-state index in [9.17, 15) is 4.79 Å². The lowest BCUT2D eigenvalue weighted by molar-refractivity contribution is 0.174. The van der Waals surface area contributed by atoms with Crippen molar-refractivity contribution in [1.29, 1.82) is 0 Å². The van der Waals surface area contributed by atoms with Crippen molar-refractivity contribution >= 4 is 22.3 Å². The summed E-state index contributed by atoms with van der Waals surface area (Å²) in [5.41, 5.74) is 0. The molecule has 2 amide bonds. The van der Waals surface area contributed by atoms with Crippen LogP contribution in [-0.4, -0.2) is 49.9 Å². The van der Waals surface area contributed by atoms with E-state index >= 15 is 0 Å². The van der Waals surface area contributed by atoms with Crippen molar-refractivity contribution in [2.45, 2.75) is 63.8 Å². The number of rotatable bonds is 2. The molecule has 2 aliphatic rings. The Kier molecular flexibility index (Phi) is 4.39. The highest BCUT2D eigenvalue weighted by Gasteiger charge is 2.28. The van der Waals surface area contributed by atoms with Gasteiger partial charge in [0.15, 0.2) is 5.82 Å². The maximum atomic E-state index is 12.4. The Hall–Kier alpha value is -1.70. The fourth-order valence-corrected chi connectivity index (χ4v) is 4.79. The fraction of sp³-hybridized carbons (Fsp3) is 0.750. The van der Waals surface area contributed by atoms with Crippen LogP contribution in [0.15, 0.2) is 0 Å². The van der Waals surface area contributed by atoms with Crippen LogP contribution in [0.25, 0.3) is 4.96 Å². The highest BCUT2D eigenvalue weighted by Crippen LogP contribution is 2.31. The maximum absolute atomic E-state index is 12.4. The van der Waals surface area contributed by atoms with Crippen molar-refractivity contribution in [3.63, 3.8) is 0 Å². The molecular weight excluding hydrogens is 324 g/mol. The first-order valence-electron chi connectivity index (χ1n) is 8.95. The highest BCUT2D eigenvalue weighted by molar-refractivity contribution is 7.16. The van der Waals surface area contributed by atoms with Gasteiger partial charge in [-0.3, -0.25) is 0 Å². The summed E-state index contributed by atoms with van der Waals surface area (Å²) in [7, 11) is 0. The number of aromatic nitrogens is 4. The molecule has 3 heterocycles. The molecule has 1 aliphatic carbocycles. The minimum atomic E-state index is 0.120. The summed E-state index contributed by atoms with van der Waals surface area (Å²) in [5, 5.41) is 17.2. The number of carbonyl (C=O) groups is 1. The van der Waals surface area contributed by atoms with Crippen molar-refractivity contribution in [2.24, 2.45) is 0 Å². The third-order valence-corrected chi connectivity index (χ3v) is 6.29. The molecule has 2 fully saturated rings. The van der Waals surface area contributed by atoms with E-state index in [-0.39, 0.29) is 6.03 Å². The Labute approximate surface area is 145 Å². The number of nitrogens with one attached hydrogen (secondary N) is 1. The summed E-state index contributed by atoms with van der Waals surface area (Å²) >= 11 is 1.62. The lowest BCUT2D eigenvalue weighted by Crippen LogP contribution is -2.48. The summed E-state index contributed by atoms with van der Waals surface area (Å²) in [5.74, 6) is 1.26. The van der Waals surface area contributed by atoms with E-state index in [1.54, 1.807) is 11.3 Å². The number of fused-ring (bicyclic) bond motifs is 1. The van der Waals surface area contributed by atoms with Gasteiger partial charge in [-0.05, 0) is 32.6 Å². The van der Waals surface area contributed by atoms with E-state index in [0.717, 1.165) is 54.6 Å². The van der Waals surface area contributed by atoms with Crippen LogP contribution in [0, 0.1) is 6.92 Å². The van der Waals surface area contributed by atoms with Gasteiger partial charge in [-0.1, -0.05) is 30.6 Å². The minimum absolute atomic E-state index is 0.120. The average Bonchev–Trinajstić information content (AvgIpc) is 3.18. The molecule has 1 saturated carbocycles. The summed E-state index contributed by atoms with van der Waals surface area (Å²) < 4.78 is 1.82. The molecule has 0 radical (unpaired) electrons. The molecule has 0 bridgehead atoms. The van der Waals surface area contributed by atoms with Crippen molar-refractivity contribution in [2.75, 3.05) is 13.1 Å². The molecule has 2 aromatic rings. The normalized spacial score (nSPS) is 20.6. The molecule has 130 valence electrons. The van der Waals surface area contributed by atoms with Crippen LogP contribution >= 0.6 is 11.3 Å². The third-order valence-electron chi connectivity index (χ3n) is 5.23. The van der Waals surface area contributed by atoms with E-state index in [4.69, 9.17) is 0 Å². The number of amides is 2. The smallest absolute Gasteiger partial charge is 0.317 e. The van der Waals surface area contributed by atoms with Gasteiger partial charge in [0.05, 0.1) is 0 Å². The molecule has 8 heteroatoms. The molecule has 0 unspecified atom stereocenters. The van der Waals surface area contributed by atoms with Gasteiger partial charge < -0.3 is 10.2 Å². The van der Waals surface area contributed by atoms with Crippen LogP contribution in [-0.2, 0) is 0 Å². The predicted molar refractivity (Wildman–Crippen MR) is 92.3 cm³/mol. The average molecular weight is 348 g/mol. The highest BCUT2D eigenvalue weighted by atomic mass is 32.1. The van der Waals surface area contributed by atoms with Crippen molar-refractivity contribution < 1.29 is 4.79 Å². The van der Waals surface area contributed by atoms with Crippen LogP contribution in [0.2, 0.25) is 0 Å². The third kappa shape index (κ3) is 3.11. The number of carbonyl (C=O) groups excluding carboxylic acids is 1. The number of hydrogen-bond donors (Lipinski definition) is 1. The number of likely N-dealkylation sites (tertiary alicyclic amines) is 1. The fourth-order valence-electron chi connectivity index (χ4n) is 3.74. The van der Waals surface area contributed by atoms with Gasteiger partial charge in [0, 0.05) is 25.0 Å². The Morgan fingerprint density at radius 3 is 2.58 bits per heavy atom. The van der Waals surface area contributed by atoms with Crippen molar-refractivity contribution in [3.05, 3.63) is 10.8 Å². The Bertz CT molecular complexity index is 711. The van der Waals surface area contributed by atoms with Crippen LogP contribution in [0.3, 0.4) is 0 Å². The van der Waals surface area contributed by atoms with E-state index in [1.807, 2.05) is 16.3 Å². The van der Waals surface area contributed by atoms with Gasteiger partial charge in [-0.2, -0.15) is 9.61 Å². The molecule has 7 nitrogen and oxygen atoms in total. The zero-order valence-electron chi connectivity index (χ0n) is 14.1. The minimum Gasteiger partial charge on any atom is -0.335 e. The first-order valence-corrected chi connectivity index (χ1v) is 9.76. The number of aryl methyl sites for hydroxylation is 1. The molecule has 1 N–H and O–H groups in total. The molecule has 0 atom stereocenters.